The molecule has 128 valence electrons. The fourth-order valence-corrected chi connectivity index (χ4v) is 3.19. The average Bonchev–Trinajstić information content (AvgIpc) is 3.12. The van der Waals surface area contributed by atoms with Gasteiger partial charge in [-0.25, -0.2) is 0 Å². The highest BCUT2D eigenvalue weighted by atomic mass is 16.5. The summed E-state index contributed by atoms with van der Waals surface area (Å²) in [7, 11) is 1.99. The molecule has 0 saturated heterocycles. The maximum Gasteiger partial charge on any atom is 0.240 e. The lowest BCUT2D eigenvalue weighted by Crippen LogP contribution is -2.32. The van der Waals surface area contributed by atoms with E-state index in [1.165, 1.54) is 11.1 Å². The van der Waals surface area contributed by atoms with Gasteiger partial charge in [-0.2, -0.15) is 0 Å². The number of nitrogens with zero attached hydrogens (tertiary/aromatic N) is 2. The van der Waals surface area contributed by atoms with Gasteiger partial charge in [-0.1, -0.05) is 50.2 Å². The van der Waals surface area contributed by atoms with E-state index in [0.29, 0.717) is 18.5 Å². The van der Waals surface area contributed by atoms with E-state index < -0.39 is 0 Å². The number of carbonyl (C=O) groups excluding carboxylic acids is 1. The minimum absolute atomic E-state index is 0.0847. The van der Waals surface area contributed by atoms with Crippen LogP contribution in [0.1, 0.15) is 50.1 Å². The number of fused-ring (bicyclic) bond motifs is 1. The van der Waals surface area contributed by atoms with E-state index in [0.717, 1.165) is 18.5 Å². The van der Waals surface area contributed by atoms with E-state index >= 15 is 0 Å². The zero-order valence-electron chi connectivity index (χ0n) is 14.8. The van der Waals surface area contributed by atoms with Crippen molar-refractivity contribution in [3.8, 4) is 0 Å². The van der Waals surface area contributed by atoms with Gasteiger partial charge in [-0.15, -0.1) is 0 Å². The summed E-state index contributed by atoms with van der Waals surface area (Å²) in [6, 6.07) is 10.6. The molecule has 1 amide bonds. The summed E-state index contributed by atoms with van der Waals surface area (Å²) < 4.78 is 5.22. The molecule has 5 heteroatoms. The largest absolute Gasteiger partial charge is 0.338 e. The van der Waals surface area contributed by atoms with Crippen LogP contribution in [0.2, 0.25) is 0 Å². The number of nitrogens with one attached hydrogen (secondary N) is 1. The summed E-state index contributed by atoms with van der Waals surface area (Å²) in [5, 5.41) is 6.83. The van der Waals surface area contributed by atoms with Crippen molar-refractivity contribution in [3.63, 3.8) is 0 Å². The van der Waals surface area contributed by atoms with E-state index in [1.54, 1.807) is 6.07 Å². The lowest BCUT2D eigenvalue weighted by molar-refractivity contribution is -0.117. The molecule has 5 nitrogen and oxygen atoms in total. The van der Waals surface area contributed by atoms with Crippen LogP contribution in [0.4, 0.5) is 5.88 Å². The first-order valence-electron chi connectivity index (χ1n) is 8.39. The second-order valence-corrected chi connectivity index (χ2v) is 7.54. The molecule has 0 aliphatic heterocycles. The molecular formula is C19H25N3O2. The first kappa shape index (κ1) is 16.7. The van der Waals surface area contributed by atoms with Crippen molar-refractivity contribution in [2.45, 2.75) is 45.1 Å². The number of amides is 1. The molecule has 3 rings (SSSR count). The Bertz CT molecular complexity index is 730. The van der Waals surface area contributed by atoms with Gasteiger partial charge in [-0.3, -0.25) is 15.0 Å². The quantitative estimate of drug-likeness (QED) is 0.933. The normalized spacial score (nSPS) is 17.1. The Balaban J connectivity index is 1.60. The number of likely N-dealkylation sites (N-methyl/N-ethyl adjacent to an activating group) is 1. The zero-order valence-corrected chi connectivity index (χ0v) is 14.8. The topological polar surface area (TPSA) is 58.4 Å². The molecule has 2 aromatic rings. The molecular weight excluding hydrogens is 302 g/mol. The van der Waals surface area contributed by atoms with Gasteiger partial charge in [0.15, 0.2) is 0 Å². The van der Waals surface area contributed by atoms with Gasteiger partial charge in [-0.05, 0) is 31.0 Å². The van der Waals surface area contributed by atoms with Gasteiger partial charge in [0.1, 0.15) is 0 Å². The van der Waals surface area contributed by atoms with Crippen molar-refractivity contribution in [3.05, 3.63) is 47.2 Å². The van der Waals surface area contributed by atoms with Gasteiger partial charge < -0.3 is 4.52 Å². The van der Waals surface area contributed by atoms with Crippen LogP contribution in [-0.2, 0) is 16.6 Å². The number of carbonyl (C=O) groups is 1. The van der Waals surface area contributed by atoms with Crippen LogP contribution in [0.25, 0.3) is 0 Å². The minimum Gasteiger partial charge on any atom is -0.338 e. The highest BCUT2D eigenvalue weighted by Gasteiger charge is 2.27. The Morgan fingerprint density at radius 3 is 2.83 bits per heavy atom. The number of aryl methyl sites for hydroxylation is 1. The van der Waals surface area contributed by atoms with Crippen molar-refractivity contribution < 1.29 is 9.32 Å². The molecule has 1 unspecified atom stereocenters. The minimum atomic E-state index is -0.100. The summed E-state index contributed by atoms with van der Waals surface area (Å²) in [6.45, 7) is 6.50. The molecule has 1 atom stereocenters. The molecule has 1 aliphatic carbocycles. The van der Waals surface area contributed by atoms with Gasteiger partial charge in [0.05, 0.1) is 12.2 Å². The van der Waals surface area contributed by atoms with Crippen LogP contribution in [0.5, 0.6) is 0 Å². The van der Waals surface area contributed by atoms with Crippen LogP contribution in [0.3, 0.4) is 0 Å². The van der Waals surface area contributed by atoms with Crippen LogP contribution in [0, 0.1) is 0 Å². The van der Waals surface area contributed by atoms with Crippen LogP contribution in [-0.4, -0.2) is 29.6 Å². The molecule has 1 heterocycles. The maximum absolute atomic E-state index is 12.3. The number of hydrogen-bond donors (Lipinski definition) is 1. The van der Waals surface area contributed by atoms with E-state index in [1.807, 2.05) is 7.05 Å². The van der Waals surface area contributed by atoms with Crippen molar-refractivity contribution >= 4 is 11.8 Å². The number of rotatable bonds is 4. The van der Waals surface area contributed by atoms with Gasteiger partial charge in [0.2, 0.25) is 11.8 Å². The van der Waals surface area contributed by atoms with Crippen molar-refractivity contribution in [2.24, 2.45) is 0 Å². The summed E-state index contributed by atoms with van der Waals surface area (Å²) in [4.78, 5) is 14.4. The van der Waals surface area contributed by atoms with E-state index in [2.05, 4.69) is 60.4 Å². The number of benzene rings is 1. The van der Waals surface area contributed by atoms with E-state index in [9.17, 15) is 4.79 Å². The highest BCUT2D eigenvalue weighted by molar-refractivity contribution is 5.91. The molecule has 0 fully saturated rings. The number of hydrogen-bond acceptors (Lipinski definition) is 4. The predicted octanol–water partition coefficient (Wildman–Crippen LogP) is 3.53. The lowest BCUT2D eigenvalue weighted by atomic mass is 9.92. The SMILES string of the molecule is CN(CC(=O)Nc1cc(C(C)(C)C)no1)C1CCc2ccccc21. The summed E-state index contributed by atoms with van der Waals surface area (Å²) >= 11 is 0. The fourth-order valence-electron chi connectivity index (χ4n) is 3.19. The first-order chi connectivity index (χ1) is 11.3. The molecule has 0 saturated carbocycles. The summed E-state index contributed by atoms with van der Waals surface area (Å²) in [6.07, 6.45) is 2.13. The zero-order chi connectivity index (χ0) is 17.3. The molecule has 1 aromatic carbocycles. The lowest BCUT2D eigenvalue weighted by Gasteiger charge is -2.24. The monoisotopic (exact) mass is 327 g/mol. The standard InChI is InChI=1S/C19H25N3O2/c1-19(2,3)16-11-18(24-21-16)20-17(23)12-22(4)15-10-9-13-7-5-6-8-14(13)15/h5-8,11,15H,9-10,12H2,1-4H3,(H,20,23). The van der Waals surface area contributed by atoms with Gasteiger partial charge in [0.25, 0.3) is 0 Å². The fraction of sp³-hybridized carbons (Fsp3) is 0.474. The molecule has 24 heavy (non-hydrogen) atoms. The number of aromatic nitrogens is 1. The maximum atomic E-state index is 12.3. The summed E-state index contributed by atoms with van der Waals surface area (Å²) in [5.74, 6) is 0.323. The third-order valence-corrected chi connectivity index (χ3v) is 4.57. The van der Waals surface area contributed by atoms with E-state index in [4.69, 9.17) is 4.52 Å². The van der Waals surface area contributed by atoms with Crippen molar-refractivity contribution in [1.29, 1.82) is 0 Å². The Hall–Kier alpha value is -2.14. The first-order valence-corrected chi connectivity index (χ1v) is 8.39. The Morgan fingerprint density at radius 2 is 2.12 bits per heavy atom. The Labute approximate surface area is 143 Å². The van der Waals surface area contributed by atoms with Gasteiger partial charge in [0, 0.05) is 17.5 Å². The molecule has 1 N–H and O–H groups in total. The second-order valence-electron chi connectivity index (χ2n) is 7.54. The van der Waals surface area contributed by atoms with Crippen LogP contribution < -0.4 is 5.32 Å². The molecule has 0 radical (unpaired) electrons. The molecule has 1 aromatic heterocycles. The smallest absolute Gasteiger partial charge is 0.240 e. The average molecular weight is 327 g/mol. The molecule has 0 bridgehead atoms. The number of anilines is 1. The van der Waals surface area contributed by atoms with Crippen molar-refractivity contribution in [1.82, 2.24) is 10.1 Å². The Morgan fingerprint density at radius 1 is 1.38 bits per heavy atom. The van der Waals surface area contributed by atoms with Crippen LogP contribution in [0.15, 0.2) is 34.9 Å². The van der Waals surface area contributed by atoms with Crippen LogP contribution >= 0.6 is 0 Å². The predicted molar refractivity (Wildman–Crippen MR) is 94.0 cm³/mol. The van der Waals surface area contributed by atoms with Crippen molar-refractivity contribution in [2.75, 3.05) is 18.9 Å². The third-order valence-electron chi connectivity index (χ3n) is 4.57. The summed E-state index contributed by atoms with van der Waals surface area (Å²) in [5.41, 5.74) is 3.45. The highest BCUT2D eigenvalue weighted by Crippen LogP contribution is 2.34. The van der Waals surface area contributed by atoms with Gasteiger partial charge >= 0.3 is 0 Å². The van der Waals surface area contributed by atoms with E-state index in [-0.39, 0.29) is 11.3 Å². The second kappa shape index (κ2) is 6.40. The third kappa shape index (κ3) is 3.51. The molecule has 0 spiro atoms. The Kier molecular flexibility index (Phi) is 4.45. The molecule has 1 aliphatic rings.